The van der Waals surface area contributed by atoms with Crippen LogP contribution in [0.3, 0.4) is 0 Å². The van der Waals surface area contributed by atoms with Crippen molar-refractivity contribution >= 4 is 35.6 Å². The summed E-state index contributed by atoms with van der Waals surface area (Å²) in [7, 11) is 8.85. The standard InChI is InChI=1S/C20H36B3N11O10P/c1-26-10-16(23(21)17-13(37)14(44-19(10)27(26)2)9(43-17)5-41-45(3,38)39)32-18-20(40-4-8-11(35)12(36)15(22-32)42-8)29-7-31-30(6-28(18)29)33-24-25-34(31)33/h8-20,24-25,35-39H,3-7H2,1-2H3/t8?,9?,10-,11?,12?,13?,14?,15?,16+,17?,18+,19?,20?/m0/s1. The maximum Gasteiger partial charge on any atom is 0.249 e. The molecule has 3 radical (unpaired) electrons. The molecule has 4 bridgehead atoms. The van der Waals surface area contributed by atoms with Crippen molar-refractivity contribution in [2.75, 3.05) is 40.6 Å². The number of nitrogens with zero attached hydrogens (tertiary/aromatic N) is 9. The second-order valence-corrected chi connectivity index (χ2v) is 14.4. The number of ether oxygens (including phenoxy) is 4. The molecule has 10 unspecified atom stereocenters. The van der Waals surface area contributed by atoms with Crippen molar-refractivity contribution in [3.63, 3.8) is 0 Å². The van der Waals surface area contributed by atoms with E-state index < -0.39 is 87.4 Å². The SMILES string of the molecule is [B]B1C2OC(COP(=C)(O)O)C(OC3[C@H]([C@H]1N1[B]C4OC(COC5[C@@H]1N1CN6N(CN51)N1NNN61)C(O)C4O)N(C)N3C)C2O. The third-order valence-corrected chi connectivity index (χ3v) is 11.0. The highest BCUT2D eigenvalue weighted by Crippen LogP contribution is 2.45. The first-order chi connectivity index (χ1) is 21.4. The smallest absolute Gasteiger partial charge is 0.249 e. The van der Waals surface area contributed by atoms with E-state index in [4.69, 9.17) is 31.2 Å². The summed E-state index contributed by atoms with van der Waals surface area (Å²) < 4.78 is 30.5. The lowest BCUT2D eigenvalue weighted by molar-refractivity contribution is -0.650. The second-order valence-electron chi connectivity index (χ2n) is 12.9. The Bertz CT molecular complexity index is 1260. The van der Waals surface area contributed by atoms with Gasteiger partial charge in [-0.05, 0) is 22.7 Å². The molecule has 9 aliphatic rings. The normalized spacial score (nSPS) is 50.1. The summed E-state index contributed by atoms with van der Waals surface area (Å²) in [6, 6.07) is -2.14. The van der Waals surface area contributed by atoms with Gasteiger partial charge in [-0.1, -0.05) is 0 Å². The molecule has 0 aromatic carbocycles. The number of hydrogen-bond donors (Lipinski definition) is 7. The predicted molar refractivity (Wildman–Crippen MR) is 151 cm³/mol. The largest absolute Gasteiger partial charge is 0.388 e. The molecule has 245 valence electrons. The summed E-state index contributed by atoms with van der Waals surface area (Å²) in [6.07, 6.45) is -4.16. The summed E-state index contributed by atoms with van der Waals surface area (Å²) in [6.45, 7) is -0.108. The molecule has 13 atom stereocenters. The van der Waals surface area contributed by atoms with Crippen LogP contribution in [0, 0.1) is 0 Å². The number of nitrogens with one attached hydrogen (secondary N) is 2. The molecule has 9 aliphatic heterocycles. The van der Waals surface area contributed by atoms with E-state index in [0.717, 1.165) is 0 Å². The first-order valence-corrected chi connectivity index (χ1v) is 16.7. The van der Waals surface area contributed by atoms with E-state index in [1.54, 1.807) is 7.41 Å². The molecule has 9 heterocycles. The zero-order valence-corrected chi connectivity index (χ0v) is 25.4. The Morgan fingerprint density at radius 2 is 1.69 bits per heavy atom. The molecule has 9 fully saturated rings. The molecule has 9 saturated heterocycles. The van der Waals surface area contributed by atoms with Crippen molar-refractivity contribution in [3.05, 3.63) is 0 Å². The van der Waals surface area contributed by atoms with E-state index in [0.29, 0.717) is 13.3 Å². The zero-order valence-electron chi connectivity index (χ0n) is 24.5. The fourth-order valence-corrected chi connectivity index (χ4v) is 8.44. The van der Waals surface area contributed by atoms with Gasteiger partial charge in [0.05, 0.1) is 31.3 Å². The van der Waals surface area contributed by atoms with Gasteiger partial charge in [0.2, 0.25) is 15.0 Å². The first kappa shape index (κ1) is 30.7. The first-order valence-electron chi connectivity index (χ1n) is 14.9. The van der Waals surface area contributed by atoms with Gasteiger partial charge in [-0.3, -0.25) is 0 Å². The van der Waals surface area contributed by atoms with Crippen molar-refractivity contribution in [2.45, 2.75) is 79.2 Å². The highest BCUT2D eigenvalue weighted by atomic mass is 31.2. The quantitative estimate of drug-likeness (QED) is 0.111. The maximum atomic E-state index is 11.5. The zero-order chi connectivity index (χ0) is 31.3. The van der Waals surface area contributed by atoms with Gasteiger partial charge in [-0.15, -0.1) is 21.3 Å². The van der Waals surface area contributed by atoms with E-state index in [2.05, 4.69) is 27.4 Å². The van der Waals surface area contributed by atoms with Gasteiger partial charge >= 0.3 is 0 Å². The minimum atomic E-state index is -3.83. The molecule has 45 heavy (non-hydrogen) atoms. The molecular formula is C20H36B3N11O10P. The molecule has 0 spiro atoms. The molecule has 7 N–H and O–H groups in total. The van der Waals surface area contributed by atoms with Gasteiger partial charge in [-0.2, -0.15) is 5.01 Å². The summed E-state index contributed by atoms with van der Waals surface area (Å²) in [5, 5.41) is 49.1. The second kappa shape index (κ2) is 10.6. The van der Waals surface area contributed by atoms with Gasteiger partial charge in [-0.25, -0.2) is 15.0 Å². The molecular weight excluding hydrogens is 618 g/mol. The van der Waals surface area contributed by atoms with Crippen LogP contribution in [0.5, 0.6) is 0 Å². The van der Waals surface area contributed by atoms with Gasteiger partial charge in [0.25, 0.3) is 0 Å². The lowest BCUT2D eigenvalue weighted by Crippen LogP contribution is -3.00. The van der Waals surface area contributed by atoms with Crippen LogP contribution in [0.15, 0.2) is 0 Å². The third-order valence-electron chi connectivity index (χ3n) is 10.5. The van der Waals surface area contributed by atoms with Crippen LogP contribution < -0.4 is 11.1 Å². The molecule has 0 amide bonds. The van der Waals surface area contributed by atoms with Gasteiger partial charge in [0.1, 0.15) is 62.4 Å². The van der Waals surface area contributed by atoms with Crippen LogP contribution in [-0.2, 0) is 23.5 Å². The van der Waals surface area contributed by atoms with Gasteiger partial charge in [0, 0.05) is 21.8 Å². The van der Waals surface area contributed by atoms with Crippen molar-refractivity contribution in [3.8, 4) is 0 Å². The van der Waals surface area contributed by atoms with Crippen LogP contribution in [0.1, 0.15) is 0 Å². The van der Waals surface area contributed by atoms with E-state index >= 15 is 0 Å². The minimum absolute atomic E-state index is 0.0652. The number of fused-ring (bicyclic) bond motifs is 13. The predicted octanol–water partition coefficient (Wildman–Crippen LogP) is -7.87. The molecule has 0 saturated carbocycles. The Hall–Kier alpha value is -0.345. The number of aliphatic hydroxyl groups excluding tert-OH is 3. The molecule has 21 nitrogen and oxygen atoms in total. The number of rotatable bonds is 4. The van der Waals surface area contributed by atoms with Gasteiger partial charge in [0.15, 0.2) is 12.8 Å². The Labute approximate surface area is 260 Å². The topological polar surface area (TPSA) is 201 Å². The van der Waals surface area contributed by atoms with Crippen LogP contribution in [0.4, 0.5) is 0 Å². The lowest BCUT2D eigenvalue weighted by atomic mass is 9.23. The molecule has 0 aromatic heterocycles. The highest BCUT2D eigenvalue weighted by Gasteiger charge is 2.67. The highest BCUT2D eigenvalue weighted by molar-refractivity contribution is 7.57. The van der Waals surface area contributed by atoms with Crippen molar-refractivity contribution in [1.82, 2.24) is 56.6 Å². The average Bonchev–Trinajstić information content (AvgIpc) is 3.46. The number of hydrazine groups is 9. The monoisotopic (exact) mass is 654 g/mol. The summed E-state index contributed by atoms with van der Waals surface area (Å²) in [5.41, 5.74) is 5.98. The van der Waals surface area contributed by atoms with Crippen molar-refractivity contribution in [1.29, 1.82) is 0 Å². The fraction of sp³-hybridized carbons (Fsp3) is 0.950. The molecule has 25 heteroatoms. The summed E-state index contributed by atoms with van der Waals surface area (Å²) in [4.78, 5) is 21.6. The van der Waals surface area contributed by atoms with Crippen LogP contribution in [0.25, 0.3) is 0 Å². The minimum Gasteiger partial charge on any atom is -0.388 e. The van der Waals surface area contributed by atoms with Crippen LogP contribution in [0.2, 0.25) is 0 Å². The molecule has 0 aromatic rings. The molecule has 0 aliphatic carbocycles. The fourth-order valence-electron chi connectivity index (χ4n) is 8.06. The average molecular weight is 654 g/mol. The lowest BCUT2D eigenvalue weighted by Gasteiger charge is -2.73. The Morgan fingerprint density at radius 1 is 0.978 bits per heavy atom. The Morgan fingerprint density at radius 3 is 2.38 bits per heavy atom. The van der Waals surface area contributed by atoms with E-state index in [1.165, 1.54) is 0 Å². The van der Waals surface area contributed by atoms with Gasteiger partial charge < -0.3 is 53.4 Å². The van der Waals surface area contributed by atoms with Crippen molar-refractivity contribution < 1.29 is 48.6 Å². The van der Waals surface area contributed by atoms with Crippen LogP contribution >= 0.6 is 7.57 Å². The molecule has 9 rings (SSSR count). The van der Waals surface area contributed by atoms with E-state index in [-0.39, 0.29) is 19.3 Å². The van der Waals surface area contributed by atoms with Crippen molar-refractivity contribution in [2.24, 2.45) is 0 Å². The van der Waals surface area contributed by atoms with E-state index in [9.17, 15) is 25.1 Å². The van der Waals surface area contributed by atoms with E-state index in [1.807, 2.05) is 49.6 Å². The van der Waals surface area contributed by atoms with Crippen LogP contribution in [-0.4, -0.2) is 219 Å². The maximum absolute atomic E-state index is 11.5. The number of hydrogen-bond acceptors (Lipinski definition) is 21. The summed E-state index contributed by atoms with van der Waals surface area (Å²) >= 11 is 0. The number of aliphatic hydroxyl groups is 3. The third kappa shape index (κ3) is 4.37. The summed E-state index contributed by atoms with van der Waals surface area (Å²) in [5.74, 6) is -0.593. The number of likely N-dealkylation sites (N-methyl/N-ethyl adjacent to an activating group) is 2. The Kier molecular flexibility index (Phi) is 7.21. The Balaban J connectivity index is 1.08.